The van der Waals surface area contributed by atoms with Crippen molar-refractivity contribution >= 4 is 16.7 Å². The summed E-state index contributed by atoms with van der Waals surface area (Å²) in [7, 11) is 0. The summed E-state index contributed by atoms with van der Waals surface area (Å²) in [6, 6.07) is 8.08. The molecular formula is C18H19N3O. The fraction of sp³-hybridized carbons (Fsp3) is 0.333. The Kier molecular flexibility index (Phi) is 2.93. The Hall–Kier alpha value is -2.36. The van der Waals surface area contributed by atoms with Gasteiger partial charge in [0.2, 0.25) is 0 Å². The third-order valence-corrected chi connectivity index (χ3v) is 4.66. The van der Waals surface area contributed by atoms with Gasteiger partial charge < -0.3 is 9.55 Å². The molecule has 1 N–H and O–H groups in total. The molecule has 1 aromatic carbocycles. The van der Waals surface area contributed by atoms with E-state index in [1.807, 2.05) is 44.3 Å². The second-order valence-electron chi connectivity index (χ2n) is 6.21. The molecule has 0 aliphatic heterocycles. The number of aromatic nitrogens is 3. The number of aromatic amines is 1. The summed E-state index contributed by atoms with van der Waals surface area (Å²) in [6.45, 7) is 4.71. The van der Waals surface area contributed by atoms with Gasteiger partial charge in [0, 0.05) is 40.8 Å². The number of fused-ring (bicyclic) bond motifs is 3. The number of nitrogens with one attached hydrogen (secondary N) is 1. The van der Waals surface area contributed by atoms with Crippen LogP contribution in [0, 0.1) is 19.8 Å². The van der Waals surface area contributed by atoms with Crippen LogP contribution < -0.4 is 0 Å². The summed E-state index contributed by atoms with van der Waals surface area (Å²) in [4.78, 5) is 20.8. The van der Waals surface area contributed by atoms with Crippen LogP contribution in [0.25, 0.3) is 10.9 Å². The highest BCUT2D eigenvalue weighted by molar-refractivity contribution is 6.10. The summed E-state index contributed by atoms with van der Waals surface area (Å²) in [6.07, 6.45) is 3.87. The van der Waals surface area contributed by atoms with E-state index in [1.165, 1.54) is 0 Å². The third kappa shape index (κ3) is 1.98. The van der Waals surface area contributed by atoms with Crippen molar-refractivity contribution in [3.05, 3.63) is 53.2 Å². The first-order chi connectivity index (χ1) is 10.6. The molecule has 1 atom stereocenters. The molecule has 0 amide bonds. The van der Waals surface area contributed by atoms with Gasteiger partial charge in [-0.2, -0.15) is 0 Å². The monoisotopic (exact) mass is 293 g/mol. The molecule has 4 nitrogen and oxygen atoms in total. The first-order valence-corrected chi connectivity index (χ1v) is 7.77. The van der Waals surface area contributed by atoms with E-state index in [0.717, 1.165) is 53.1 Å². The SMILES string of the molecule is Cc1cn(CC2CCc3[nH]c4ccccc4c3C2=O)c(C)n1. The maximum atomic E-state index is 13.0. The lowest BCUT2D eigenvalue weighted by Gasteiger charge is -2.22. The number of benzene rings is 1. The molecule has 3 aromatic rings. The molecule has 4 heteroatoms. The highest BCUT2D eigenvalue weighted by atomic mass is 16.1. The fourth-order valence-electron chi connectivity index (χ4n) is 3.58. The molecule has 112 valence electrons. The number of aryl methyl sites for hydroxylation is 3. The van der Waals surface area contributed by atoms with Crippen molar-refractivity contribution in [2.45, 2.75) is 33.2 Å². The number of para-hydroxylation sites is 1. The topological polar surface area (TPSA) is 50.7 Å². The van der Waals surface area contributed by atoms with Crippen molar-refractivity contribution in [1.29, 1.82) is 0 Å². The van der Waals surface area contributed by atoms with Gasteiger partial charge in [0.05, 0.1) is 5.69 Å². The Morgan fingerprint density at radius 1 is 1.32 bits per heavy atom. The third-order valence-electron chi connectivity index (χ3n) is 4.66. The summed E-state index contributed by atoms with van der Waals surface area (Å²) >= 11 is 0. The zero-order valence-electron chi connectivity index (χ0n) is 12.9. The quantitative estimate of drug-likeness (QED) is 0.787. The van der Waals surface area contributed by atoms with Gasteiger partial charge in [-0.15, -0.1) is 0 Å². The molecule has 2 heterocycles. The average molecular weight is 293 g/mol. The lowest BCUT2D eigenvalue weighted by atomic mass is 9.85. The van der Waals surface area contributed by atoms with E-state index in [1.54, 1.807) is 0 Å². The minimum Gasteiger partial charge on any atom is -0.358 e. The van der Waals surface area contributed by atoms with E-state index in [2.05, 4.69) is 14.5 Å². The number of rotatable bonds is 2. The number of H-pyrrole nitrogens is 1. The van der Waals surface area contributed by atoms with Crippen molar-refractivity contribution in [2.75, 3.05) is 0 Å². The van der Waals surface area contributed by atoms with Gasteiger partial charge in [0.15, 0.2) is 5.78 Å². The van der Waals surface area contributed by atoms with Crippen molar-refractivity contribution in [2.24, 2.45) is 5.92 Å². The number of carbonyl (C=O) groups is 1. The summed E-state index contributed by atoms with van der Waals surface area (Å²) < 4.78 is 2.11. The van der Waals surface area contributed by atoms with Gasteiger partial charge in [-0.1, -0.05) is 18.2 Å². The number of hydrogen-bond acceptors (Lipinski definition) is 2. The van der Waals surface area contributed by atoms with Crippen molar-refractivity contribution in [3.63, 3.8) is 0 Å². The highest BCUT2D eigenvalue weighted by Gasteiger charge is 2.30. The standard InChI is InChI=1S/C18H19N3O/c1-11-9-21(12(2)19-11)10-13-7-8-16-17(18(13)22)14-5-3-4-6-15(14)20-16/h3-6,9,13,20H,7-8,10H2,1-2H3. The summed E-state index contributed by atoms with van der Waals surface area (Å²) in [5, 5.41) is 1.06. The Morgan fingerprint density at radius 3 is 2.91 bits per heavy atom. The lowest BCUT2D eigenvalue weighted by Crippen LogP contribution is -2.26. The van der Waals surface area contributed by atoms with E-state index in [-0.39, 0.29) is 11.7 Å². The molecule has 1 unspecified atom stereocenters. The zero-order chi connectivity index (χ0) is 15.3. The van der Waals surface area contributed by atoms with Crippen LogP contribution in [0.15, 0.2) is 30.5 Å². The fourth-order valence-corrected chi connectivity index (χ4v) is 3.58. The molecule has 0 radical (unpaired) electrons. The van der Waals surface area contributed by atoms with E-state index in [9.17, 15) is 4.79 Å². The molecule has 22 heavy (non-hydrogen) atoms. The lowest BCUT2D eigenvalue weighted by molar-refractivity contribution is 0.0889. The number of carbonyl (C=O) groups excluding carboxylic acids is 1. The largest absolute Gasteiger partial charge is 0.358 e. The van der Waals surface area contributed by atoms with E-state index in [4.69, 9.17) is 0 Å². The highest BCUT2D eigenvalue weighted by Crippen LogP contribution is 2.32. The van der Waals surface area contributed by atoms with Crippen molar-refractivity contribution < 1.29 is 4.79 Å². The predicted molar refractivity (Wildman–Crippen MR) is 86.1 cm³/mol. The minimum atomic E-state index is 0.0407. The normalized spacial score (nSPS) is 17.9. The van der Waals surface area contributed by atoms with Crippen LogP contribution in [0.3, 0.4) is 0 Å². The molecule has 0 bridgehead atoms. The van der Waals surface area contributed by atoms with Crippen LogP contribution in [0.5, 0.6) is 0 Å². The first-order valence-electron chi connectivity index (χ1n) is 7.77. The van der Waals surface area contributed by atoms with Crippen molar-refractivity contribution in [3.8, 4) is 0 Å². The molecule has 4 rings (SSSR count). The van der Waals surface area contributed by atoms with Crippen LogP contribution in [0.2, 0.25) is 0 Å². The molecule has 1 aliphatic rings. The second kappa shape index (κ2) is 4.83. The molecule has 0 spiro atoms. The van der Waals surface area contributed by atoms with Gasteiger partial charge in [0.1, 0.15) is 5.82 Å². The first kappa shape index (κ1) is 13.3. The number of Topliss-reactive ketones (excluding diaryl/α,β-unsaturated/α-hetero) is 1. The summed E-state index contributed by atoms with van der Waals surface area (Å²) in [5.41, 5.74) is 4.08. The molecule has 2 aromatic heterocycles. The van der Waals surface area contributed by atoms with E-state index >= 15 is 0 Å². The average Bonchev–Trinajstić information content (AvgIpc) is 3.02. The predicted octanol–water partition coefficient (Wildman–Crippen LogP) is 3.43. The maximum absolute atomic E-state index is 13.0. The van der Waals surface area contributed by atoms with Crippen LogP contribution in [0.1, 0.15) is 34.0 Å². The van der Waals surface area contributed by atoms with E-state index < -0.39 is 0 Å². The number of hydrogen-bond donors (Lipinski definition) is 1. The number of nitrogens with zero attached hydrogens (tertiary/aromatic N) is 2. The molecule has 0 saturated carbocycles. The van der Waals surface area contributed by atoms with Crippen molar-refractivity contribution in [1.82, 2.24) is 14.5 Å². The molecule has 0 saturated heterocycles. The van der Waals surface area contributed by atoms with Gasteiger partial charge >= 0.3 is 0 Å². The smallest absolute Gasteiger partial charge is 0.170 e. The Morgan fingerprint density at radius 2 is 2.14 bits per heavy atom. The molecule has 1 aliphatic carbocycles. The van der Waals surface area contributed by atoms with Gasteiger partial charge in [-0.05, 0) is 32.8 Å². The Labute approximate surface area is 129 Å². The van der Waals surface area contributed by atoms with Crippen LogP contribution >= 0.6 is 0 Å². The Bertz CT molecular complexity index is 872. The van der Waals surface area contributed by atoms with Crippen LogP contribution in [-0.2, 0) is 13.0 Å². The zero-order valence-corrected chi connectivity index (χ0v) is 12.9. The molecule has 0 fully saturated rings. The van der Waals surface area contributed by atoms with Crippen LogP contribution in [0.4, 0.5) is 0 Å². The van der Waals surface area contributed by atoms with Crippen LogP contribution in [-0.4, -0.2) is 20.3 Å². The molecular weight excluding hydrogens is 274 g/mol. The second-order valence-corrected chi connectivity index (χ2v) is 6.21. The Balaban J connectivity index is 1.71. The van der Waals surface area contributed by atoms with E-state index in [0.29, 0.717) is 0 Å². The minimum absolute atomic E-state index is 0.0407. The van der Waals surface area contributed by atoms with Gasteiger partial charge in [-0.3, -0.25) is 4.79 Å². The summed E-state index contributed by atoms with van der Waals surface area (Å²) in [5.74, 6) is 1.29. The van der Waals surface area contributed by atoms with Gasteiger partial charge in [0.25, 0.3) is 0 Å². The number of ketones is 1. The maximum Gasteiger partial charge on any atom is 0.170 e. The number of imidazole rings is 1. The van der Waals surface area contributed by atoms with Gasteiger partial charge in [-0.25, -0.2) is 4.98 Å².